The molecule has 0 atom stereocenters. The third-order valence-electron chi connectivity index (χ3n) is 1.69. The van der Waals surface area contributed by atoms with Crippen molar-refractivity contribution >= 4 is 45.2 Å². The van der Waals surface area contributed by atoms with Crippen molar-refractivity contribution in [3.63, 3.8) is 0 Å². The Kier molecular flexibility index (Phi) is 2.63. The Labute approximate surface area is 97.9 Å². The zero-order valence-electron chi connectivity index (χ0n) is 6.14. The first-order valence-electron chi connectivity index (χ1n) is 3.45. The van der Waals surface area contributed by atoms with Crippen LogP contribution in [-0.4, -0.2) is 6.79 Å². The van der Waals surface area contributed by atoms with E-state index in [9.17, 15) is 0 Å². The van der Waals surface area contributed by atoms with E-state index in [1.54, 1.807) is 0 Å². The van der Waals surface area contributed by atoms with Gasteiger partial charge in [-0.1, -0.05) is 22.6 Å². The lowest BCUT2D eigenvalue weighted by atomic mass is 10.2. The maximum absolute atomic E-state index is 5.27. The molecule has 0 spiro atoms. The molecule has 0 aromatic heterocycles. The highest BCUT2D eigenvalue weighted by Crippen LogP contribution is 2.35. The monoisotopic (exact) mass is 388 g/mol. The molecule has 4 heteroatoms. The van der Waals surface area contributed by atoms with Crippen LogP contribution in [0.3, 0.4) is 0 Å². The maximum atomic E-state index is 5.27. The molecule has 0 saturated carbocycles. The van der Waals surface area contributed by atoms with Crippen LogP contribution in [0.25, 0.3) is 0 Å². The molecule has 0 saturated heterocycles. The highest BCUT2D eigenvalue weighted by atomic mass is 127. The van der Waals surface area contributed by atoms with E-state index in [1.807, 2.05) is 6.07 Å². The quantitative estimate of drug-likeness (QED) is 0.545. The molecule has 12 heavy (non-hydrogen) atoms. The van der Waals surface area contributed by atoms with Crippen LogP contribution in [0.2, 0.25) is 0 Å². The summed E-state index contributed by atoms with van der Waals surface area (Å²) in [6, 6.07) is 4.08. The Bertz CT molecular complexity index is 311. The molecule has 0 amide bonds. The second-order valence-electron chi connectivity index (χ2n) is 2.43. The van der Waals surface area contributed by atoms with Gasteiger partial charge in [-0.05, 0) is 40.3 Å². The minimum Gasteiger partial charge on any atom is -0.454 e. The van der Waals surface area contributed by atoms with E-state index in [-0.39, 0.29) is 0 Å². The van der Waals surface area contributed by atoms with Crippen molar-refractivity contribution in [1.29, 1.82) is 0 Å². The predicted octanol–water partition coefficient (Wildman–Crippen LogP) is 2.95. The van der Waals surface area contributed by atoms with Crippen LogP contribution in [0.1, 0.15) is 5.56 Å². The minimum atomic E-state index is 0.357. The number of ether oxygens (including phenoxy) is 2. The van der Waals surface area contributed by atoms with Crippen LogP contribution in [0.5, 0.6) is 11.5 Å². The van der Waals surface area contributed by atoms with Gasteiger partial charge < -0.3 is 9.47 Å². The van der Waals surface area contributed by atoms with Gasteiger partial charge in [0.1, 0.15) is 0 Å². The van der Waals surface area contributed by atoms with Gasteiger partial charge >= 0.3 is 0 Å². The summed E-state index contributed by atoms with van der Waals surface area (Å²) in [5, 5.41) is 0. The largest absolute Gasteiger partial charge is 0.454 e. The molecule has 64 valence electrons. The summed E-state index contributed by atoms with van der Waals surface area (Å²) in [5.41, 5.74) is 1.31. The Morgan fingerprint density at radius 1 is 1.25 bits per heavy atom. The Balaban J connectivity index is 2.49. The fourth-order valence-corrected chi connectivity index (χ4v) is 3.05. The molecular weight excluding hydrogens is 382 g/mol. The van der Waals surface area contributed by atoms with Crippen LogP contribution in [-0.2, 0) is 4.43 Å². The van der Waals surface area contributed by atoms with Gasteiger partial charge in [-0.15, -0.1) is 0 Å². The summed E-state index contributed by atoms with van der Waals surface area (Å²) in [5.74, 6) is 1.75. The van der Waals surface area contributed by atoms with Crippen molar-refractivity contribution in [2.75, 3.05) is 6.79 Å². The van der Waals surface area contributed by atoms with Crippen LogP contribution in [0.15, 0.2) is 12.1 Å². The highest BCUT2D eigenvalue weighted by Gasteiger charge is 2.15. The summed E-state index contributed by atoms with van der Waals surface area (Å²) in [6.07, 6.45) is 0. The van der Waals surface area contributed by atoms with Gasteiger partial charge in [-0.3, -0.25) is 0 Å². The zero-order valence-corrected chi connectivity index (χ0v) is 10.5. The van der Waals surface area contributed by atoms with Gasteiger partial charge in [0.05, 0.1) is 0 Å². The van der Waals surface area contributed by atoms with Crippen molar-refractivity contribution in [3.8, 4) is 11.5 Å². The Morgan fingerprint density at radius 3 is 2.58 bits per heavy atom. The van der Waals surface area contributed by atoms with Crippen molar-refractivity contribution in [1.82, 2.24) is 0 Å². The van der Waals surface area contributed by atoms with Gasteiger partial charge in [-0.25, -0.2) is 0 Å². The van der Waals surface area contributed by atoms with Crippen LogP contribution in [0, 0.1) is 3.57 Å². The molecule has 0 unspecified atom stereocenters. The number of hydrogen-bond donors (Lipinski definition) is 0. The Morgan fingerprint density at radius 2 is 1.92 bits per heavy atom. The van der Waals surface area contributed by atoms with Crippen LogP contribution in [0.4, 0.5) is 0 Å². The maximum Gasteiger partial charge on any atom is 0.231 e. The molecule has 1 heterocycles. The molecule has 1 aromatic carbocycles. The summed E-state index contributed by atoms with van der Waals surface area (Å²) >= 11 is 4.66. The first-order chi connectivity index (χ1) is 5.81. The fourth-order valence-electron chi connectivity index (χ4n) is 1.06. The third kappa shape index (κ3) is 1.50. The summed E-state index contributed by atoms with van der Waals surface area (Å²) in [4.78, 5) is 0. The normalized spacial score (nSPS) is 13.5. The van der Waals surface area contributed by atoms with E-state index >= 15 is 0 Å². The average molecular weight is 388 g/mol. The minimum absolute atomic E-state index is 0.357. The molecule has 1 aromatic rings. The molecule has 1 aliphatic rings. The summed E-state index contributed by atoms with van der Waals surface area (Å²) < 4.78 is 12.8. The second-order valence-corrected chi connectivity index (χ2v) is 4.36. The summed E-state index contributed by atoms with van der Waals surface area (Å²) in [6.45, 7) is 0.357. The number of benzene rings is 1. The number of hydrogen-bond acceptors (Lipinski definition) is 2. The molecule has 2 nitrogen and oxygen atoms in total. The first-order valence-corrected chi connectivity index (χ1v) is 6.05. The van der Waals surface area contributed by atoms with Gasteiger partial charge in [0.25, 0.3) is 0 Å². The van der Waals surface area contributed by atoms with Gasteiger partial charge in [-0.2, -0.15) is 0 Å². The first kappa shape index (κ1) is 8.86. The molecule has 1 aliphatic heterocycles. The van der Waals surface area contributed by atoms with Crippen molar-refractivity contribution < 1.29 is 9.47 Å². The third-order valence-corrected chi connectivity index (χ3v) is 3.51. The molecule has 0 radical (unpaired) electrons. The van der Waals surface area contributed by atoms with E-state index in [0.717, 1.165) is 15.9 Å². The van der Waals surface area contributed by atoms with Crippen molar-refractivity contribution in [2.24, 2.45) is 0 Å². The van der Waals surface area contributed by atoms with E-state index in [1.165, 1.54) is 9.13 Å². The smallest absolute Gasteiger partial charge is 0.231 e. The van der Waals surface area contributed by atoms with Crippen LogP contribution >= 0.6 is 45.2 Å². The molecule has 0 bridgehead atoms. The predicted molar refractivity (Wildman–Crippen MR) is 63.0 cm³/mol. The van der Waals surface area contributed by atoms with Crippen molar-refractivity contribution in [2.45, 2.75) is 4.43 Å². The lowest BCUT2D eigenvalue weighted by Crippen LogP contribution is -1.92. The molecule has 2 rings (SSSR count). The van der Waals surface area contributed by atoms with E-state index in [0.29, 0.717) is 6.79 Å². The number of rotatable bonds is 1. The lowest BCUT2D eigenvalue weighted by Gasteiger charge is -2.01. The molecule has 0 N–H and O–H groups in total. The zero-order chi connectivity index (χ0) is 8.55. The number of alkyl halides is 1. The number of fused-ring (bicyclic) bond motifs is 1. The number of halogens is 2. The van der Waals surface area contributed by atoms with Crippen LogP contribution < -0.4 is 9.47 Å². The average Bonchev–Trinajstić information content (AvgIpc) is 2.49. The van der Waals surface area contributed by atoms with Gasteiger partial charge in [0.2, 0.25) is 6.79 Å². The Hall–Kier alpha value is 0.280. The van der Waals surface area contributed by atoms with Crippen molar-refractivity contribution in [3.05, 3.63) is 21.3 Å². The second kappa shape index (κ2) is 3.57. The molecular formula is C8H6I2O2. The SMILES string of the molecule is ICc1cc2c(cc1I)OCO2. The topological polar surface area (TPSA) is 18.5 Å². The molecule has 0 fully saturated rings. The summed E-state index contributed by atoms with van der Waals surface area (Å²) in [7, 11) is 0. The molecule has 0 aliphatic carbocycles. The standard InChI is InChI=1S/C8H6I2O2/c9-3-5-1-7-8(2-6(5)10)12-4-11-7/h1-2H,3-4H2. The van der Waals surface area contributed by atoms with E-state index < -0.39 is 0 Å². The van der Waals surface area contributed by atoms with E-state index in [2.05, 4.69) is 51.2 Å². The van der Waals surface area contributed by atoms with Gasteiger partial charge in [0, 0.05) is 8.00 Å². The van der Waals surface area contributed by atoms with E-state index in [4.69, 9.17) is 9.47 Å². The lowest BCUT2D eigenvalue weighted by molar-refractivity contribution is 0.174. The fraction of sp³-hybridized carbons (Fsp3) is 0.250. The highest BCUT2D eigenvalue weighted by molar-refractivity contribution is 14.1. The van der Waals surface area contributed by atoms with Gasteiger partial charge in [0.15, 0.2) is 11.5 Å².